The van der Waals surface area contributed by atoms with Crippen LogP contribution in [0.4, 0.5) is 5.69 Å². The average molecular weight is 474 g/mol. The van der Waals surface area contributed by atoms with Gasteiger partial charge in [0.15, 0.2) is 5.11 Å². The first-order valence-corrected chi connectivity index (χ1v) is 11.6. The summed E-state index contributed by atoms with van der Waals surface area (Å²) in [6.07, 6.45) is 1.46. The third-order valence-electron chi connectivity index (χ3n) is 4.13. The number of ether oxygens (including phenoxy) is 1. The topological polar surface area (TPSA) is 110 Å². The highest BCUT2D eigenvalue weighted by atomic mass is 32.2. The fraction of sp³-hybridized carbons (Fsp3) is 0.182. The van der Waals surface area contributed by atoms with Crippen molar-refractivity contribution in [2.24, 2.45) is 0 Å². The lowest BCUT2D eigenvalue weighted by Gasteiger charge is -2.12. The highest BCUT2D eigenvalue weighted by molar-refractivity contribution is 7.89. The zero-order valence-corrected chi connectivity index (χ0v) is 19.1. The summed E-state index contributed by atoms with van der Waals surface area (Å²) in [6, 6.07) is 16.1. The molecule has 1 heterocycles. The number of amides is 1. The molecule has 0 bridgehead atoms. The first kappa shape index (κ1) is 23.5. The molecule has 0 aliphatic carbocycles. The molecule has 0 saturated heterocycles. The Kier molecular flexibility index (Phi) is 7.62. The summed E-state index contributed by atoms with van der Waals surface area (Å²) in [4.78, 5) is 12.5. The molecule has 32 heavy (non-hydrogen) atoms. The van der Waals surface area contributed by atoms with Gasteiger partial charge in [-0.2, -0.15) is 0 Å². The van der Waals surface area contributed by atoms with Crippen LogP contribution in [-0.4, -0.2) is 25.5 Å². The second kappa shape index (κ2) is 10.4. The minimum Gasteiger partial charge on any atom is -0.491 e. The van der Waals surface area contributed by atoms with Gasteiger partial charge >= 0.3 is 0 Å². The molecular formula is C22H23N3O5S2. The molecule has 0 aliphatic heterocycles. The largest absolute Gasteiger partial charge is 0.491 e. The minimum absolute atomic E-state index is 0.0109. The lowest BCUT2D eigenvalue weighted by molar-refractivity contribution is 0.0977. The van der Waals surface area contributed by atoms with Crippen LogP contribution in [0.3, 0.4) is 0 Å². The number of benzene rings is 2. The van der Waals surface area contributed by atoms with Crippen LogP contribution in [0.1, 0.15) is 30.0 Å². The molecule has 0 saturated carbocycles. The average Bonchev–Trinajstić information content (AvgIpc) is 3.26. The molecule has 10 heteroatoms. The molecular weight excluding hydrogens is 450 g/mol. The van der Waals surface area contributed by atoms with E-state index in [2.05, 4.69) is 15.4 Å². The van der Waals surface area contributed by atoms with Crippen LogP contribution < -0.4 is 20.1 Å². The number of nitrogens with one attached hydrogen (secondary N) is 3. The van der Waals surface area contributed by atoms with Crippen molar-refractivity contribution in [3.8, 4) is 5.75 Å². The molecule has 3 N–H and O–H groups in total. The van der Waals surface area contributed by atoms with Crippen LogP contribution in [-0.2, 0) is 16.6 Å². The van der Waals surface area contributed by atoms with Crippen molar-refractivity contribution < 1.29 is 22.4 Å². The standard InChI is InChI=1S/C22H23N3O5S2/c1-15(2)30-18-6-3-5-16(13-18)21(26)25-22(31)24-17-8-10-20(11-9-17)32(27,28)23-14-19-7-4-12-29-19/h3-13,15,23H,14H2,1-2H3,(H2,24,25,26,31). The Balaban J connectivity index is 1.57. The van der Waals surface area contributed by atoms with Gasteiger partial charge in [-0.3, -0.25) is 10.1 Å². The van der Waals surface area contributed by atoms with E-state index in [1.165, 1.54) is 18.4 Å². The van der Waals surface area contributed by atoms with E-state index in [4.69, 9.17) is 21.4 Å². The van der Waals surface area contributed by atoms with Crippen LogP contribution in [0.15, 0.2) is 76.2 Å². The Morgan fingerprint density at radius 1 is 1.09 bits per heavy atom. The first-order valence-electron chi connectivity index (χ1n) is 9.74. The molecule has 168 valence electrons. The van der Waals surface area contributed by atoms with Gasteiger partial charge in [-0.05, 0) is 80.7 Å². The normalized spacial score (nSPS) is 11.2. The Hall–Kier alpha value is -3.21. The van der Waals surface area contributed by atoms with Crippen molar-refractivity contribution in [2.75, 3.05) is 5.32 Å². The fourth-order valence-corrected chi connectivity index (χ4v) is 3.90. The molecule has 0 fully saturated rings. The Morgan fingerprint density at radius 2 is 1.84 bits per heavy atom. The lowest BCUT2D eigenvalue weighted by Crippen LogP contribution is -2.34. The highest BCUT2D eigenvalue weighted by Crippen LogP contribution is 2.16. The quantitative estimate of drug-likeness (QED) is 0.428. The molecule has 0 spiro atoms. The second-order valence-corrected chi connectivity index (χ2v) is 9.21. The van der Waals surface area contributed by atoms with E-state index in [9.17, 15) is 13.2 Å². The van der Waals surface area contributed by atoms with Crippen LogP contribution >= 0.6 is 12.2 Å². The number of furan rings is 1. The monoisotopic (exact) mass is 473 g/mol. The number of sulfonamides is 1. The molecule has 3 aromatic rings. The summed E-state index contributed by atoms with van der Waals surface area (Å²) in [7, 11) is -3.70. The molecule has 1 aromatic heterocycles. The maximum Gasteiger partial charge on any atom is 0.257 e. The van der Waals surface area contributed by atoms with Crippen molar-refractivity contribution in [1.82, 2.24) is 10.0 Å². The van der Waals surface area contributed by atoms with Crippen molar-refractivity contribution >= 4 is 38.9 Å². The van der Waals surface area contributed by atoms with Crippen molar-refractivity contribution in [2.45, 2.75) is 31.4 Å². The first-order chi connectivity index (χ1) is 15.2. The van der Waals surface area contributed by atoms with Crippen LogP contribution in [0.25, 0.3) is 0 Å². The van der Waals surface area contributed by atoms with E-state index in [0.717, 1.165) is 0 Å². The number of hydrogen-bond acceptors (Lipinski definition) is 6. The molecule has 0 unspecified atom stereocenters. The summed E-state index contributed by atoms with van der Waals surface area (Å²) in [5.74, 6) is 0.705. The van der Waals surface area contributed by atoms with Crippen molar-refractivity contribution in [3.05, 3.63) is 78.3 Å². The van der Waals surface area contributed by atoms with Gasteiger partial charge in [-0.15, -0.1) is 0 Å². The Morgan fingerprint density at radius 3 is 2.50 bits per heavy atom. The van der Waals surface area contributed by atoms with Gasteiger partial charge in [-0.1, -0.05) is 6.07 Å². The van der Waals surface area contributed by atoms with Gasteiger partial charge in [0.05, 0.1) is 23.8 Å². The predicted molar refractivity (Wildman–Crippen MR) is 125 cm³/mol. The maximum absolute atomic E-state index is 12.4. The van der Waals surface area contributed by atoms with E-state index in [0.29, 0.717) is 22.8 Å². The van der Waals surface area contributed by atoms with Crippen LogP contribution in [0, 0.1) is 0 Å². The van der Waals surface area contributed by atoms with Crippen molar-refractivity contribution in [3.63, 3.8) is 0 Å². The molecule has 8 nitrogen and oxygen atoms in total. The number of rotatable bonds is 8. The van der Waals surface area contributed by atoms with E-state index < -0.39 is 15.9 Å². The van der Waals surface area contributed by atoms with Gasteiger partial charge in [0.1, 0.15) is 11.5 Å². The zero-order chi connectivity index (χ0) is 23.1. The third kappa shape index (κ3) is 6.64. The Labute approximate surface area is 192 Å². The smallest absolute Gasteiger partial charge is 0.257 e. The van der Waals surface area contributed by atoms with E-state index in [1.807, 2.05) is 13.8 Å². The zero-order valence-electron chi connectivity index (χ0n) is 17.5. The molecule has 0 radical (unpaired) electrons. The number of anilines is 1. The number of hydrogen-bond donors (Lipinski definition) is 3. The third-order valence-corrected chi connectivity index (χ3v) is 5.76. The highest BCUT2D eigenvalue weighted by Gasteiger charge is 2.15. The number of carbonyl (C=O) groups excluding carboxylic acids is 1. The van der Waals surface area contributed by atoms with E-state index in [1.54, 1.807) is 48.5 Å². The molecule has 3 rings (SSSR count). The summed E-state index contributed by atoms with van der Waals surface area (Å²) < 4.78 is 38.0. The van der Waals surface area contributed by atoms with Gasteiger partial charge in [0.25, 0.3) is 5.91 Å². The van der Waals surface area contributed by atoms with Crippen LogP contribution in [0.2, 0.25) is 0 Å². The number of carbonyl (C=O) groups is 1. The van der Waals surface area contributed by atoms with Gasteiger partial charge in [0.2, 0.25) is 10.0 Å². The fourth-order valence-electron chi connectivity index (χ4n) is 2.70. The molecule has 0 aliphatic rings. The number of thiocarbonyl (C=S) groups is 1. The summed E-state index contributed by atoms with van der Waals surface area (Å²) >= 11 is 5.19. The van der Waals surface area contributed by atoms with Gasteiger partial charge in [0, 0.05) is 11.3 Å². The van der Waals surface area contributed by atoms with Crippen molar-refractivity contribution in [1.29, 1.82) is 0 Å². The molecule has 2 aromatic carbocycles. The SMILES string of the molecule is CC(C)Oc1cccc(C(=O)NC(=S)Nc2ccc(S(=O)(=O)NCc3ccco3)cc2)c1. The Bertz CT molecular complexity index is 1170. The molecule has 0 atom stereocenters. The lowest BCUT2D eigenvalue weighted by atomic mass is 10.2. The second-order valence-electron chi connectivity index (χ2n) is 7.03. The van der Waals surface area contributed by atoms with Gasteiger partial charge < -0.3 is 14.5 Å². The summed E-state index contributed by atoms with van der Waals surface area (Å²) in [5, 5.41) is 5.53. The van der Waals surface area contributed by atoms with E-state index in [-0.39, 0.29) is 22.7 Å². The summed E-state index contributed by atoms with van der Waals surface area (Å²) in [5.41, 5.74) is 0.925. The van der Waals surface area contributed by atoms with E-state index >= 15 is 0 Å². The van der Waals surface area contributed by atoms with Gasteiger partial charge in [-0.25, -0.2) is 13.1 Å². The minimum atomic E-state index is -3.70. The predicted octanol–water partition coefficient (Wildman–Crippen LogP) is 3.67. The van der Waals surface area contributed by atoms with Crippen LogP contribution in [0.5, 0.6) is 5.75 Å². The maximum atomic E-state index is 12.4. The summed E-state index contributed by atoms with van der Waals surface area (Å²) in [6.45, 7) is 3.85. The molecule has 1 amide bonds.